The molecule has 1 rings (SSSR count). The topological polar surface area (TPSA) is 37.8 Å². The highest BCUT2D eigenvalue weighted by molar-refractivity contribution is 7.15. The molecule has 1 aromatic heterocycles. The lowest BCUT2D eigenvalue weighted by Gasteiger charge is -2.09. The van der Waals surface area contributed by atoms with Crippen molar-refractivity contribution in [1.82, 2.24) is 10.2 Å². The minimum absolute atomic E-state index is 0.189. The van der Waals surface area contributed by atoms with Crippen molar-refractivity contribution < 1.29 is 8.78 Å². The molecule has 0 spiro atoms. The number of hydrogen-bond donors (Lipinski definition) is 1. The highest BCUT2D eigenvalue weighted by Gasteiger charge is 2.20. The van der Waals surface area contributed by atoms with Gasteiger partial charge in [0.1, 0.15) is 5.01 Å². The first-order chi connectivity index (χ1) is 5.97. The van der Waals surface area contributed by atoms with E-state index in [0.29, 0.717) is 5.13 Å². The number of alkyl halides is 2. The summed E-state index contributed by atoms with van der Waals surface area (Å²) >= 11 is 1.36. The smallest absolute Gasteiger partial charge is 0.247 e. The van der Waals surface area contributed by atoms with Crippen LogP contribution in [0.1, 0.15) is 18.4 Å². The van der Waals surface area contributed by atoms with Gasteiger partial charge in [0.05, 0.1) is 0 Å². The summed E-state index contributed by atoms with van der Waals surface area (Å²) in [4.78, 5) is 0. The zero-order valence-electron chi connectivity index (χ0n) is 7.47. The van der Waals surface area contributed by atoms with Crippen LogP contribution in [0.2, 0.25) is 0 Å². The summed E-state index contributed by atoms with van der Waals surface area (Å²) in [6.45, 7) is 2.94. The van der Waals surface area contributed by atoms with E-state index in [1.807, 2.05) is 6.92 Å². The summed E-state index contributed by atoms with van der Waals surface area (Å²) in [6.07, 6.45) is -0.189. The molecule has 3 nitrogen and oxygen atoms in total. The van der Waals surface area contributed by atoms with Gasteiger partial charge in [-0.05, 0) is 13.8 Å². The van der Waals surface area contributed by atoms with Crippen LogP contribution in [0.25, 0.3) is 0 Å². The van der Waals surface area contributed by atoms with Crippen molar-refractivity contribution in [3.63, 3.8) is 0 Å². The predicted octanol–water partition coefficient (Wildman–Crippen LogP) is 2.30. The van der Waals surface area contributed by atoms with Gasteiger partial charge in [-0.15, -0.1) is 10.2 Å². The fourth-order valence-electron chi connectivity index (χ4n) is 0.757. The number of anilines is 1. The van der Waals surface area contributed by atoms with Crippen LogP contribution >= 0.6 is 11.3 Å². The van der Waals surface area contributed by atoms with Gasteiger partial charge in [-0.1, -0.05) is 11.3 Å². The van der Waals surface area contributed by atoms with Crippen LogP contribution in [-0.4, -0.2) is 22.7 Å². The van der Waals surface area contributed by atoms with Crippen molar-refractivity contribution in [2.75, 3.05) is 11.9 Å². The van der Waals surface area contributed by atoms with E-state index in [4.69, 9.17) is 0 Å². The number of hydrogen-bond acceptors (Lipinski definition) is 4. The lowest BCUT2D eigenvalue weighted by molar-refractivity contribution is 0.0167. The average molecular weight is 207 g/mol. The molecule has 0 aromatic carbocycles. The van der Waals surface area contributed by atoms with Crippen molar-refractivity contribution >= 4 is 16.5 Å². The highest BCUT2D eigenvalue weighted by Crippen LogP contribution is 2.18. The molecule has 0 fully saturated rings. The molecule has 1 N–H and O–H groups in total. The second-order valence-corrected chi connectivity index (χ2v) is 4.05. The molecule has 0 bridgehead atoms. The molecule has 0 saturated carbocycles. The normalized spacial score (nSPS) is 11.7. The second-order valence-electron chi connectivity index (χ2n) is 2.87. The van der Waals surface area contributed by atoms with Crippen LogP contribution in [0.15, 0.2) is 0 Å². The van der Waals surface area contributed by atoms with E-state index in [2.05, 4.69) is 15.5 Å². The number of rotatable bonds is 4. The Bertz CT molecular complexity index is 269. The van der Waals surface area contributed by atoms with Gasteiger partial charge in [0.2, 0.25) is 11.1 Å². The lowest BCUT2D eigenvalue weighted by Crippen LogP contribution is -2.15. The van der Waals surface area contributed by atoms with Crippen molar-refractivity contribution in [1.29, 1.82) is 0 Å². The first-order valence-electron chi connectivity index (χ1n) is 3.89. The summed E-state index contributed by atoms with van der Waals surface area (Å²) < 4.78 is 24.7. The van der Waals surface area contributed by atoms with Crippen molar-refractivity contribution in [3.8, 4) is 0 Å². The van der Waals surface area contributed by atoms with Gasteiger partial charge in [-0.2, -0.15) is 0 Å². The fraction of sp³-hybridized carbons (Fsp3) is 0.714. The monoisotopic (exact) mass is 207 g/mol. The zero-order valence-corrected chi connectivity index (χ0v) is 8.29. The van der Waals surface area contributed by atoms with Crippen LogP contribution in [0, 0.1) is 6.92 Å². The number of aryl methyl sites for hydroxylation is 1. The molecule has 0 saturated heterocycles. The molecular formula is C7H11F2N3S. The lowest BCUT2D eigenvalue weighted by atomic mass is 10.3. The molecule has 1 heterocycles. The zero-order chi connectivity index (χ0) is 9.90. The molecule has 0 atom stereocenters. The molecular weight excluding hydrogens is 196 g/mol. The maximum absolute atomic E-state index is 12.4. The van der Waals surface area contributed by atoms with Gasteiger partial charge in [0, 0.05) is 13.0 Å². The maximum atomic E-state index is 12.4. The van der Waals surface area contributed by atoms with Crippen LogP contribution in [0.3, 0.4) is 0 Å². The summed E-state index contributed by atoms with van der Waals surface area (Å²) in [7, 11) is 0. The van der Waals surface area contributed by atoms with Gasteiger partial charge in [-0.3, -0.25) is 0 Å². The minimum atomic E-state index is -2.62. The Hall–Kier alpha value is -0.780. The minimum Gasteiger partial charge on any atom is -0.360 e. The predicted molar refractivity (Wildman–Crippen MR) is 48.4 cm³/mol. The molecule has 74 valence electrons. The van der Waals surface area contributed by atoms with Crippen LogP contribution in [0.4, 0.5) is 13.9 Å². The first kappa shape index (κ1) is 10.3. The van der Waals surface area contributed by atoms with E-state index in [9.17, 15) is 8.78 Å². The molecule has 0 aliphatic carbocycles. The van der Waals surface area contributed by atoms with Crippen molar-refractivity contribution in [3.05, 3.63) is 5.01 Å². The SMILES string of the molecule is Cc1nnc(NCCC(C)(F)F)s1. The third-order valence-electron chi connectivity index (χ3n) is 1.37. The Kier molecular flexibility index (Phi) is 3.13. The molecule has 6 heteroatoms. The Morgan fingerprint density at radius 1 is 1.46 bits per heavy atom. The van der Waals surface area contributed by atoms with Gasteiger partial charge >= 0.3 is 0 Å². The fourth-order valence-corrected chi connectivity index (χ4v) is 1.37. The van der Waals surface area contributed by atoms with Gasteiger partial charge in [0.25, 0.3) is 0 Å². The largest absolute Gasteiger partial charge is 0.360 e. The van der Waals surface area contributed by atoms with E-state index in [0.717, 1.165) is 11.9 Å². The van der Waals surface area contributed by atoms with Crippen molar-refractivity contribution in [2.24, 2.45) is 0 Å². The third kappa shape index (κ3) is 4.12. The number of nitrogens with one attached hydrogen (secondary N) is 1. The van der Waals surface area contributed by atoms with Gasteiger partial charge < -0.3 is 5.32 Å². The Morgan fingerprint density at radius 2 is 2.15 bits per heavy atom. The standard InChI is InChI=1S/C7H11F2N3S/c1-5-11-12-6(13-5)10-4-3-7(2,8)9/h3-4H2,1-2H3,(H,10,12). The third-order valence-corrected chi connectivity index (χ3v) is 2.16. The summed E-state index contributed by atoms with van der Waals surface area (Å²) in [6, 6.07) is 0. The van der Waals surface area contributed by atoms with E-state index in [-0.39, 0.29) is 13.0 Å². The summed E-state index contributed by atoms with van der Waals surface area (Å²) in [5.41, 5.74) is 0. The van der Waals surface area contributed by atoms with Crippen LogP contribution < -0.4 is 5.32 Å². The molecule has 13 heavy (non-hydrogen) atoms. The Labute approximate surface area is 79.2 Å². The number of halogens is 2. The van der Waals surface area contributed by atoms with E-state index in [1.54, 1.807) is 0 Å². The molecule has 1 aromatic rings. The molecule has 0 aliphatic heterocycles. The second kappa shape index (κ2) is 3.95. The molecule has 0 aliphatic rings. The van der Waals surface area contributed by atoms with Crippen molar-refractivity contribution in [2.45, 2.75) is 26.2 Å². The van der Waals surface area contributed by atoms with E-state index < -0.39 is 5.92 Å². The highest BCUT2D eigenvalue weighted by atomic mass is 32.1. The average Bonchev–Trinajstić information content (AvgIpc) is 2.33. The molecule has 0 radical (unpaired) electrons. The van der Waals surface area contributed by atoms with Crippen LogP contribution in [0.5, 0.6) is 0 Å². The summed E-state index contributed by atoms with van der Waals surface area (Å²) in [5.74, 6) is -2.62. The first-order valence-corrected chi connectivity index (χ1v) is 4.71. The quantitative estimate of drug-likeness (QED) is 0.823. The molecule has 0 unspecified atom stereocenters. The molecule has 0 amide bonds. The van der Waals surface area contributed by atoms with Gasteiger partial charge in [-0.25, -0.2) is 8.78 Å². The number of aromatic nitrogens is 2. The van der Waals surface area contributed by atoms with E-state index >= 15 is 0 Å². The number of nitrogens with zero attached hydrogens (tertiary/aromatic N) is 2. The van der Waals surface area contributed by atoms with E-state index in [1.165, 1.54) is 11.3 Å². The Balaban J connectivity index is 2.28. The van der Waals surface area contributed by atoms with Gasteiger partial charge in [0.15, 0.2) is 0 Å². The summed E-state index contributed by atoms with van der Waals surface area (Å²) in [5, 5.41) is 11.7. The van der Waals surface area contributed by atoms with Crippen LogP contribution in [-0.2, 0) is 0 Å². The Morgan fingerprint density at radius 3 is 2.62 bits per heavy atom. The maximum Gasteiger partial charge on any atom is 0.247 e.